The van der Waals surface area contributed by atoms with E-state index in [1.807, 2.05) is 0 Å². The summed E-state index contributed by atoms with van der Waals surface area (Å²) in [5, 5.41) is 18.7. The third kappa shape index (κ3) is 1.45. The maximum atomic E-state index is 11.1. The molecule has 14 heavy (non-hydrogen) atoms. The van der Waals surface area contributed by atoms with Gasteiger partial charge < -0.3 is 10.2 Å². The summed E-state index contributed by atoms with van der Waals surface area (Å²) in [6.07, 6.45) is -0.0245. The Morgan fingerprint density at radius 1 is 1.57 bits per heavy atom. The number of ketones is 1. The van der Waals surface area contributed by atoms with E-state index in [2.05, 4.69) is 11.8 Å². The highest BCUT2D eigenvalue weighted by Gasteiger charge is 2.52. The number of Topliss-reactive ketones (excluding diaryl/α,β-unsaturated/α-hetero) is 1. The third-order valence-corrected chi connectivity index (χ3v) is 3.20. The van der Waals surface area contributed by atoms with E-state index in [9.17, 15) is 9.90 Å². The largest absolute Gasteiger partial charge is 0.392 e. The first-order valence-electron chi connectivity index (χ1n) is 4.99. The van der Waals surface area contributed by atoms with E-state index in [1.165, 1.54) is 0 Å². The van der Waals surface area contributed by atoms with Gasteiger partial charge in [0, 0.05) is 12.3 Å². The maximum Gasteiger partial charge on any atom is 0.136 e. The molecule has 5 atom stereocenters. The summed E-state index contributed by atoms with van der Waals surface area (Å²) in [7, 11) is 0. The number of hydrogen-bond acceptors (Lipinski definition) is 3. The lowest BCUT2D eigenvalue weighted by molar-refractivity contribution is -0.133. The van der Waals surface area contributed by atoms with Gasteiger partial charge in [-0.05, 0) is 19.3 Å². The van der Waals surface area contributed by atoms with Gasteiger partial charge in [-0.2, -0.15) is 0 Å². The number of hydrogen-bond donors (Lipinski definition) is 2. The van der Waals surface area contributed by atoms with Gasteiger partial charge in [0.2, 0.25) is 0 Å². The van der Waals surface area contributed by atoms with E-state index in [0.717, 1.165) is 0 Å². The fraction of sp³-hybridized carbons (Fsp3) is 0.727. The first kappa shape index (κ1) is 9.70. The monoisotopic (exact) mass is 194 g/mol. The van der Waals surface area contributed by atoms with Crippen molar-refractivity contribution >= 4 is 5.78 Å². The molecule has 0 spiro atoms. The van der Waals surface area contributed by atoms with Crippen molar-refractivity contribution in [2.45, 2.75) is 32.0 Å². The Hall–Kier alpha value is -0.850. The van der Waals surface area contributed by atoms with Gasteiger partial charge >= 0.3 is 0 Å². The summed E-state index contributed by atoms with van der Waals surface area (Å²) in [5.74, 6) is 5.97. The van der Waals surface area contributed by atoms with Crippen LogP contribution in [0.2, 0.25) is 0 Å². The van der Waals surface area contributed by atoms with Gasteiger partial charge in [0.05, 0.1) is 12.0 Å². The molecule has 2 aliphatic carbocycles. The summed E-state index contributed by atoms with van der Waals surface area (Å²) in [5.41, 5.74) is 0. The van der Waals surface area contributed by atoms with Crippen molar-refractivity contribution in [1.29, 1.82) is 0 Å². The molecule has 2 N–H and O–H groups in total. The predicted octanol–water partition coefficient (Wildman–Crippen LogP) is -0.0434. The molecule has 2 rings (SSSR count). The lowest BCUT2D eigenvalue weighted by Crippen LogP contribution is -2.35. The smallest absolute Gasteiger partial charge is 0.136 e. The van der Waals surface area contributed by atoms with E-state index in [-0.39, 0.29) is 23.5 Å². The minimum absolute atomic E-state index is 0.0401. The second kappa shape index (κ2) is 3.38. The molecule has 0 saturated heterocycles. The Morgan fingerprint density at radius 2 is 2.29 bits per heavy atom. The maximum absolute atomic E-state index is 11.1. The molecule has 0 heterocycles. The second-order valence-electron chi connectivity index (χ2n) is 4.23. The van der Waals surface area contributed by atoms with Gasteiger partial charge in [-0.15, -0.1) is 0 Å². The minimum atomic E-state index is -0.656. The fourth-order valence-corrected chi connectivity index (χ4v) is 2.40. The highest BCUT2D eigenvalue weighted by molar-refractivity contribution is 5.88. The summed E-state index contributed by atoms with van der Waals surface area (Å²) in [4.78, 5) is 11.1. The predicted molar refractivity (Wildman–Crippen MR) is 50.2 cm³/mol. The molecule has 0 radical (unpaired) electrons. The van der Waals surface area contributed by atoms with Crippen molar-refractivity contribution in [2.75, 3.05) is 0 Å². The number of carbonyl (C=O) groups is 1. The van der Waals surface area contributed by atoms with E-state index >= 15 is 0 Å². The van der Waals surface area contributed by atoms with E-state index in [1.54, 1.807) is 6.92 Å². The lowest BCUT2D eigenvalue weighted by atomic mass is 9.71. The van der Waals surface area contributed by atoms with Crippen LogP contribution in [0.3, 0.4) is 0 Å². The zero-order valence-corrected chi connectivity index (χ0v) is 8.10. The molecule has 76 valence electrons. The van der Waals surface area contributed by atoms with Crippen LogP contribution in [0, 0.1) is 29.6 Å². The van der Waals surface area contributed by atoms with Gasteiger partial charge in [-0.25, -0.2) is 0 Å². The molecule has 5 unspecified atom stereocenters. The van der Waals surface area contributed by atoms with Gasteiger partial charge in [0.15, 0.2) is 0 Å². The number of aliphatic hydroxyl groups is 2. The van der Waals surface area contributed by atoms with Crippen LogP contribution in [0.1, 0.15) is 19.8 Å². The van der Waals surface area contributed by atoms with Gasteiger partial charge in [0.1, 0.15) is 11.9 Å². The van der Waals surface area contributed by atoms with Gasteiger partial charge in [-0.1, -0.05) is 11.8 Å². The van der Waals surface area contributed by atoms with Gasteiger partial charge in [-0.3, -0.25) is 4.79 Å². The molecule has 3 heteroatoms. The SMILES string of the molecule is CC(O)C#CC1C(O)CC2C(=O)CC21. The van der Waals surface area contributed by atoms with Crippen molar-refractivity contribution in [2.24, 2.45) is 17.8 Å². The molecule has 0 aromatic heterocycles. The van der Waals surface area contributed by atoms with Crippen LogP contribution in [0.15, 0.2) is 0 Å². The minimum Gasteiger partial charge on any atom is -0.392 e. The molecule has 0 aromatic rings. The topological polar surface area (TPSA) is 57.5 Å². The zero-order chi connectivity index (χ0) is 10.3. The molecule has 0 aromatic carbocycles. The van der Waals surface area contributed by atoms with Crippen LogP contribution in [0.5, 0.6) is 0 Å². The molecule has 2 fully saturated rings. The first-order valence-corrected chi connectivity index (χ1v) is 4.99. The van der Waals surface area contributed by atoms with Crippen LogP contribution < -0.4 is 0 Å². The zero-order valence-electron chi connectivity index (χ0n) is 8.10. The summed E-state index contributed by atoms with van der Waals surface area (Å²) < 4.78 is 0. The van der Waals surface area contributed by atoms with Gasteiger partial charge in [0.25, 0.3) is 0 Å². The average Bonchev–Trinajstić information content (AvgIpc) is 2.36. The van der Waals surface area contributed by atoms with E-state index in [4.69, 9.17) is 5.11 Å². The van der Waals surface area contributed by atoms with Crippen molar-refractivity contribution in [1.82, 2.24) is 0 Å². The first-order chi connectivity index (χ1) is 6.59. The van der Waals surface area contributed by atoms with E-state index in [0.29, 0.717) is 12.8 Å². The Kier molecular flexibility index (Phi) is 2.34. The highest BCUT2D eigenvalue weighted by atomic mass is 16.3. The molecule has 3 nitrogen and oxygen atoms in total. The summed E-state index contributed by atoms with van der Waals surface area (Å²) in [6, 6.07) is 0. The highest BCUT2D eigenvalue weighted by Crippen LogP contribution is 2.47. The molecular formula is C11H14O3. The van der Waals surface area contributed by atoms with E-state index < -0.39 is 12.2 Å². The molecular weight excluding hydrogens is 180 g/mol. The van der Waals surface area contributed by atoms with Crippen LogP contribution in [0.4, 0.5) is 0 Å². The number of carbonyl (C=O) groups excluding carboxylic acids is 1. The van der Waals surface area contributed by atoms with Crippen LogP contribution in [0.25, 0.3) is 0 Å². The Bertz CT molecular complexity index is 310. The summed E-state index contributed by atoms with van der Waals surface area (Å²) >= 11 is 0. The van der Waals surface area contributed by atoms with Crippen LogP contribution in [-0.2, 0) is 4.79 Å². The van der Waals surface area contributed by atoms with Crippen LogP contribution in [-0.4, -0.2) is 28.2 Å². The molecule has 0 bridgehead atoms. The normalized spacial score (nSPS) is 42.1. The molecule has 0 amide bonds. The third-order valence-electron chi connectivity index (χ3n) is 3.20. The summed E-state index contributed by atoms with van der Waals surface area (Å²) in [6.45, 7) is 1.59. The quantitative estimate of drug-likeness (QED) is 0.532. The molecule has 2 saturated carbocycles. The van der Waals surface area contributed by atoms with Crippen molar-refractivity contribution in [3.05, 3.63) is 0 Å². The second-order valence-corrected chi connectivity index (χ2v) is 4.23. The molecule has 0 aliphatic heterocycles. The van der Waals surface area contributed by atoms with Crippen molar-refractivity contribution in [3.63, 3.8) is 0 Å². The Balaban J connectivity index is 2.07. The van der Waals surface area contributed by atoms with Crippen molar-refractivity contribution < 1.29 is 15.0 Å². The number of fused-ring (bicyclic) bond motifs is 1. The van der Waals surface area contributed by atoms with Crippen molar-refractivity contribution in [3.8, 4) is 11.8 Å². The Morgan fingerprint density at radius 3 is 2.79 bits per heavy atom. The lowest BCUT2D eigenvalue weighted by Gasteiger charge is -2.30. The Labute approximate surface area is 83.1 Å². The standard InChI is InChI=1S/C11H14O3/c1-6(12)2-3-7-8-4-11(14)9(8)5-10(7)13/h6-10,12-13H,4-5H2,1H3. The number of rotatable bonds is 0. The number of aliphatic hydroxyl groups excluding tert-OH is 2. The van der Waals surface area contributed by atoms with Crippen LogP contribution >= 0.6 is 0 Å². The molecule has 2 aliphatic rings. The fourth-order valence-electron chi connectivity index (χ4n) is 2.40. The average molecular weight is 194 g/mol.